The number of ether oxygens (including phenoxy) is 1. The number of nitrogens with one attached hydrogen (secondary N) is 1. The average molecular weight is 410 g/mol. The molecule has 0 aliphatic rings. The van der Waals surface area contributed by atoms with Crippen LogP contribution in [0.3, 0.4) is 0 Å². The van der Waals surface area contributed by atoms with Crippen molar-refractivity contribution >= 4 is 28.1 Å². The lowest BCUT2D eigenvalue weighted by Gasteiger charge is -2.16. The Bertz CT molecular complexity index is 1160. The molecular weight excluding hydrogens is 392 g/mol. The lowest BCUT2D eigenvalue weighted by molar-refractivity contribution is 0.303. The normalized spacial score (nSPS) is 10.9. The second-order valence-corrected chi connectivity index (χ2v) is 7.07. The standard InChI is InChI=1S/C24H18ClF2NO/c25-22-13-19(9-10-23(22)27)28-14-21-20-7-2-1-5-17(20)8-11-24(21)29-15-16-4-3-6-18(26)12-16/h1-13,28H,14-15H2. The van der Waals surface area contributed by atoms with Crippen molar-refractivity contribution in [1.29, 1.82) is 0 Å². The number of anilines is 1. The Morgan fingerprint density at radius 3 is 2.55 bits per heavy atom. The van der Waals surface area contributed by atoms with Crippen LogP contribution in [0.2, 0.25) is 5.02 Å². The molecule has 4 aromatic rings. The van der Waals surface area contributed by atoms with Crippen LogP contribution in [0.25, 0.3) is 10.8 Å². The van der Waals surface area contributed by atoms with Crippen LogP contribution in [0.15, 0.2) is 78.9 Å². The molecular formula is C24H18ClF2NO. The fraction of sp³-hybridized carbons (Fsp3) is 0.0833. The molecule has 0 radical (unpaired) electrons. The van der Waals surface area contributed by atoms with E-state index in [2.05, 4.69) is 5.32 Å². The third-order valence-electron chi connectivity index (χ3n) is 4.67. The van der Waals surface area contributed by atoms with E-state index in [4.69, 9.17) is 16.3 Å². The van der Waals surface area contributed by atoms with E-state index in [1.165, 1.54) is 18.2 Å². The quantitative estimate of drug-likeness (QED) is 0.371. The summed E-state index contributed by atoms with van der Waals surface area (Å²) >= 11 is 5.88. The first-order chi connectivity index (χ1) is 14.1. The van der Waals surface area contributed by atoms with Gasteiger partial charge in [-0.1, -0.05) is 54.1 Å². The molecule has 0 aliphatic heterocycles. The largest absolute Gasteiger partial charge is 0.489 e. The molecule has 0 fully saturated rings. The monoisotopic (exact) mass is 409 g/mol. The van der Waals surface area contributed by atoms with Crippen molar-refractivity contribution in [2.24, 2.45) is 0 Å². The molecule has 29 heavy (non-hydrogen) atoms. The van der Waals surface area contributed by atoms with Gasteiger partial charge in [0, 0.05) is 17.8 Å². The van der Waals surface area contributed by atoms with Crippen molar-refractivity contribution < 1.29 is 13.5 Å². The highest BCUT2D eigenvalue weighted by Crippen LogP contribution is 2.30. The average Bonchev–Trinajstić information content (AvgIpc) is 2.73. The molecule has 5 heteroatoms. The summed E-state index contributed by atoms with van der Waals surface area (Å²) in [6.07, 6.45) is 0. The maximum Gasteiger partial charge on any atom is 0.141 e. The van der Waals surface area contributed by atoms with Crippen molar-refractivity contribution in [1.82, 2.24) is 0 Å². The summed E-state index contributed by atoms with van der Waals surface area (Å²) in [5.74, 6) is -0.0464. The van der Waals surface area contributed by atoms with Crippen molar-refractivity contribution in [3.63, 3.8) is 0 Å². The van der Waals surface area contributed by atoms with E-state index in [1.807, 2.05) is 42.5 Å². The molecule has 146 valence electrons. The van der Waals surface area contributed by atoms with Crippen molar-refractivity contribution in [2.75, 3.05) is 5.32 Å². The van der Waals surface area contributed by atoms with Crippen LogP contribution in [0, 0.1) is 11.6 Å². The zero-order chi connectivity index (χ0) is 20.2. The van der Waals surface area contributed by atoms with Gasteiger partial charge in [-0.2, -0.15) is 0 Å². The maximum absolute atomic E-state index is 13.4. The second-order valence-electron chi connectivity index (χ2n) is 6.66. The summed E-state index contributed by atoms with van der Waals surface area (Å²) in [6.45, 7) is 0.716. The van der Waals surface area contributed by atoms with E-state index >= 15 is 0 Å². The summed E-state index contributed by atoms with van der Waals surface area (Å²) in [7, 11) is 0. The lowest BCUT2D eigenvalue weighted by atomic mass is 10.0. The lowest BCUT2D eigenvalue weighted by Crippen LogP contribution is -2.05. The molecule has 0 atom stereocenters. The number of rotatable bonds is 6. The Labute approximate surface area is 172 Å². The summed E-state index contributed by atoms with van der Waals surface area (Å²) in [4.78, 5) is 0. The Kier molecular flexibility index (Phi) is 5.63. The van der Waals surface area contributed by atoms with Gasteiger partial charge in [0.05, 0.1) is 5.02 Å². The highest BCUT2D eigenvalue weighted by atomic mass is 35.5. The van der Waals surface area contributed by atoms with Crippen LogP contribution in [0.4, 0.5) is 14.5 Å². The highest BCUT2D eigenvalue weighted by Gasteiger charge is 2.10. The van der Waals surface area contributed by atoms with E-state index in [9.17, 15) is 8.78 Å². The minimum atomic E-state index is -0.457. The predicted molar refractivity (Wildman–Crippen MR) is 113 cm³/mol. The number of hydrogen-bond donors (Lipinski definition) is 1. The highest BCUT2D eigenvalue weighted by molar-refractivity contribution is 6.31. The third kappa shape index (κ3) is 4.49. The first kappa shape index (κ1) is 19.2. The van der Waals surface area contributed by atoms with E-state index in [0.717, 1.165) is 21.9 Å². The molecule has 2 nitrogen and oxygen atoms in total. The summed E-state index contributed by atoms with van der Waals surface area (Å²) in [6, 6.07) is 22.8. The van der Waals surface area contributed by atoms with Crippen LogP contribution in [-0.2, 0) is 13.2 Å². The van der Waals surface area contributed by atoms with E-state index < -0.39 is 5.82 Å². The van der Waals surface area contributed by atoms with E-state index in [1.54, 1.807) is 18.2 Å². The summed E-state index contributed by atoms with van der Waals surface area (Å²) in [5.41, 5.74) is 2.42. The number of benzene rings is 4. The second kappa shape index (κ2) is 8.50. The molecule has 0 unspecified atom stereocenters. The molecule has 0 amide bonds. The van der Waals surface area contributed by atoms with Crippen LogP contribution >= 0.6 is 11.6 Å². The molecule has 0 aliphatic carbocycles. The smallest absolute Gasteiger partial charge is 0.141 e. The molecule has 0 spiro atoms. The summed E-state index contributed by atoms with van der Waals surface area (Å²) in [5, 5.41) is 5.47. The Morgan fingerprint density at radius 1 is 0.862 bits per heavy atom. The predicted octanol–water partition coefficient (Wildman–Crippen LogP) is 6.96. The van der Waals surface area contributed by atoms with Gasteiger partial charge in [0.2, 0.25) is 0 Å². The summed E-state index contributed by atoms with van der Waals surface area (Å²) < 4.78 is 32.9. The minimum absolute atomic E-state index is 0.0653. The first-order valence-corrected chi connectivity index (χ1v) is 9.55. The van der Waals surface area contributed by atoms with Gasteiger partial charge >= 0.3 is 0 Å². The zero-order valence-corrected chi connectivity index (χ0v) is 16.2. The molecule has 0 saturated heterocycles. The molecule has 0 heterocycles. The number of fused-ring (bicyclic) bond motifs is 1. The third-order valence-corrected chi connectivity index (χ3v) is 4.96. The van der Waals surface area contributed by atoms with Gasteiger partial charge in [0.15, 0.2) is 0 Å². The van der Waals surface area contributed by atoms with Crippen LogP contribution in [0.1, 0.15) is 11.1 Å². The van der Waals surface area contributed by atoms with Gasteiger partial charge < -0.3 is 10.1 Å². The topological polar surface area (TPSA) is 21.3 Å². The molecule has 1 N–H and O–H groups in total. The molecule has 0 saturated carbocycles. The first-order valence-electron chi connectivity index (χ1n) is 9.17. The molecule has 4 aromatic carbocycles. The zero-order valence-electron chi connectivity index (χ0n) is 15.5. The van der Waals surface area contributed by atoms with Gasteiger partial charge in [-0.25, -0.2) is 8.78 Å². The fourth-order valence-electron chi connectivity index (χ4n) is 3.22. The Balaban J connectivity index is 1.62. The fourth-order valence-corrected chi connectivity index (χ4v) is 3.40. The van der Waals surface area contributed by atoms with E-state index in [-0.39, 0.29) is 17.4 Å². The van der Waals surface area contributed by atoms with Crippen molar-refractivity contribution in [3.05, 3.63) is 107 Å². The maximum atomic E-state index is 13.4. The van der Waals surface area contributed by atoms with Gasteiger partial charge in [-0.3, -0.25) is 0 Å². The van der Waals surface area contributed by atoms with Gasteiger partial charge in [-0.15, -0.1) is 0 Å². The molecule has 0 bridgehead atoms. The van der Waals surface area contributed by atoms with E-state index in [0.29, 0.717) is 18.0 Å². The minimum Gasteiger partial charge on any atom is -0.489 e. The Hall–Kier alpha value is -3.11. The van der Waals surface area contributed by atoms with Gasteiger partial charge in [0.25, 0.3) is 0 Å². The van der Waals surface area contributed by atoms with Crippen molar-refractivity contribution in [3.8, 4) is 5.75 Å². The van der Waals surface area contributed by atoms with Crippen LogP contribution in [0.5, 0.6) is 5.75 Å². The van der Waals surface area contributed by atoms with Crippen LogP contribution < -0.4 is 10.1 Å². The van der Waals surface area contributed by atoms with Crippen LogP contribution in [-0.4, -0.2) is 0 Å². The van der Waals surface area contributed by atoms with Gasteiger partial charge in [-0.05, 0) is 52.7 Å². The van der Waals surface area contributed by atoms with Gasteiger partial charge in [0.1, 0.15) is 24.0 Å². The SMILES string of the molecule is Fc1cccc(COc2ccc3ccccc3c2CNc2ccc(F)c(Cl)c2)c1. The molecule has 0 aromatic heterocycles. The molecule has 4 rings (SSSR count). The number of hydrogen-bond acceptors (Lipinski definition) is 2. The van der Waals surface area contributed by atoms with Crippen molar-refractivity contribution in [2.45, 2.75) is 13.2 Å². The number of halogens is 3. The Morgan fingerprint density at radius 2 is 1.72 bits per heavy atom.